The van der Waals surface area contributed by atoms with Crippen LogP contribution in [0.5, 0.6) is 0 Å². The van der Waals surface area contributed by atoms with Crippen LogP contribution in [0.25, 0.3) is 0 Å². The number of anilines is 1. The number of primary amides is 1. The summed E-state index contributed by atoms with van der Waals surface area (Å²) in [7, 11) is 0. The predicted molar refractivity (Wildman–Crippen MR) is 65.2 cm³/mol. The minimum atomic E-state index is -0.785. The van der Waals surface area contributed by atoms with Gasteiger partial charge in [-0.05, 0) is 25.0 Å². The van der Waals surface area contributed by atoms with E-state index < -0.39 is 17.3 Å². The molecule has 1 saturated carbocycles. The Morgan fingerprint density at radius 2 is 2.22 bits per heavy atom. The summed E-state index contributed by atoms with van der Waals surface area (Å²) in [6.45, 7) is 0.317. The fourth-order valence-corrected chi connectivity index (χ4v) is 2.01. The highest BCUT2D eigenvalue weighted by Gasteiger charge is 2.44. The third-order valence-electron chi connectivity index (χ3n) is 3.42. The molecule has 4 N–H and O–H groups in total. The molecule has 1 aliphatic rings. The Bertz CT molecular complexity index is 483. The van der Waals surface area contributed by atoms with E-state index in [1.54, 1.807) is 0 Å². The fourth-order valence-electron chi connectivity index (χ4n) is 2.01. The first-order valence-electron chi connectivity index (χ1n) is 5.77. The number of carboxylic acids is 1. The van der Waals surface area contributed by atoms with Crippen molar-refractivity contribution >= 4 is 17.7 Å². The zero-order chi connectivity index (χ0) is 13.2. The van der Waals surface area contributed by atoms with Gasteiger partial charge in [0.25, 0.3) is 0 Å². The van der Waals surface area contributed by atoms with Crippen molar-refractivity contribution in [3.63, 3.8) is 0 Å². The molecule has 6 heteroatoms. The van der Waals surface area contributed by atoms with Crippen molar-refractivity contribution in [3.05, 3.63) is 23.9 Å². The van der Waals surface area contributed by atoms with Gasteiger partial charge in [-0.15, -0.1) is 0 Å². The van der Waals surface area contributed by atoms with Crippen LogP contribution in [-0.2, 0) is 4.79 Å². The number of hydrogen-bond acceptors (Lipinski definition) is 4. The van der Waals surface area contributed by atoms with E-state index in [4.69, 9.17) is 5.73 Å². The molecule has 0 bridgehead atoms. The van der Waals surface area contributed by atoms with E-state index in [1.807, 2.05) is 0 Å². The van der Waals surface area contributed by atoms with Gasteiger partial charge in [-0.25, -0.2) is 4.98 Å². The monoisotopic (exact) mass is 249 g/mol. The number of aromatic nitrogens is 1. The van der Waals surface area contributed by atoms with Crippen LogP contribution >= 0.6 is 0 Å². The van der Waals surface area contributed by atoms with Crippen LogP contribution in [0, 0.1) is 5.41 Å². The van der Waals surface area contributed by atoms with Gasteiger partial charge in [0.05, 0.1) is 5.41 Å². The number of aliphatic carboxylic acids is 1. The molecule has 1 aromatic heterocycles. The molecule has 96 valence electrons. The van der Waals surface area contributed by atoms with Gasteiger partial charge >= 0.3 is 5.97 Å². The zero-order valence-electron chi connectivity index (χ0n) is 9.85. The van der Waals surface area contributed by atoms with Crippen molar-refractivity contribution in [1.29, 1.82) is 0 Å². The number of nitrogens with one attached hydrogen (secondary N) is 1. The second-order valence-corrected chi connectivity index (χ2v) is 4.59. The highest BCUT2D eigenvalue weighted by atomic mass is 16.4. The minimum Gasteiger partial charge on any atom is -0.481 e. The summed E-state index contributed by atoms with van der Waals surface area (Å²) in [4.78, 5) is 26.2. The summed E-state index contributed by atoms with van der Waals surface area (Å²) in [5, 5.41) is 12.1. The lowest BCUT2D eigenvalue weighted by molar-refractivity contribution is -0.153. The summed E-state index contributed by atoms with van der Waals surface area (Å²) in [6, 6.07) is 3.04. The van der Waals surface area contributed by atoms with E-state index in [0.717, 1.165) is 6.42 Å². The van der Waals surface area contributed by atoms with E-state index in [-0.39, 0.29) is 0 Å². The van der Waals surface area contributed by atoms with E-state index in [1.165, 1.54) is 18.3 Å². The Kier molecular flexibility index (Phi) is 3.18. The number of carbonyl (C=O) groups excluding carboxylic acids is 1. The topological polar surface area (TPSA) is 105 Å². The summed E-state index contributed by atoms with van der Waals surface area (Å²) < 4.78 is 0. The molecule has 1 aliphatic carbocycles. The third kappa shape index (κ3) is 2.27. The van der Waals surface area contributed by atoms with Crippen molar-refractivity contribution in [2.75, 3.05) is 11.9 Å². The molecule has 1 amide bonds. The number of pyridine rings is 1. The van der Waals surface area contributed by atoms with Crippen LogP contribution in [0.4, 0.5) is 5.82 Å². The normalized spacial score (nSPS) is 16.7. The second-order valence-electron chi connectivity index (χ2n) is 4.59. The lowest BCUT2D eigenvalue weighted by atomic mass is 9.69. The molecule has 1 heterocycles. The highest BCUT2D eigenvalue weighted by molar-refractivity contribution is 5.93. The van der Waals surface area contributed by atoms with Gasteiger partial charge in [0, 0.05) is 18.3 Å². The average molecular weight is 249 g/mol. The van der Waals surface area contributed by atoms with Crippen LogP contribution in [0.3, 0.4) is 0 Å². The van der Waals surface area contributed by atoms with Crippen molar-refractivity contribution in [2.45, 2.75) is 19.3 Å². The fraction of sp³-hybridized carbons (Fsp3) is 0.417. The zero-order valence-corrected chi connectivity index (χ0v) is 9.85. The van der Waals surface area contributed by atoms with Crippen LogP contribution in [0.2, 0.25) is 0 Å². The average Bonchev–Trinajstić information content (AvgIpc) is 2.27. The summed E-state index contributed by atoms with van der Waals surface area (Å²) in [6.07, 6.45) is 3.75. The minimum absolute atomic E-state index is 0.317. The Morgan fingerprint density at radius 1 is 1.50 bits per heavy atom. The number of nitrogens with two attached hydrogens (primary N) is 1. The quantitative estimate of drug-likeness (QED) is 0.717. The standard InChI is InChI=1S/C12H15N3O3/c13-10(16)8-2-5-14-9(6-8)15-7-12(11(17)18)3-1-4-12/h2,5-6H,1,3-4,7H2,(H2,13,16)(H,14,15)(H,17,18). The van der Waals surface area contributed by atoms with Crippen LogP contribution in [0.1, 0.15) is 29.6 Å². The predicted octanol–water partition coefficient (Wildman–Crippen LogP) is 0.847. The summed E-state index contributed by atoms with van der Waals surface area (Å²) >= 11 is 0. The molecule has 0 aromatic carbocycles. The molecule has 18 heavy (non-hydrogen) atoms. The van der Waals surface area contributed by atoms with Gasteiger partial charge in [-0.3, -0.25) is 9.59 Å². The van der Waals surface area contributed by atoms with Gasteiger partial charge in [0.15, 0.2) is 0 Å². The van der Waals surface area contributed by atoms with E-state index >= 15 is 0 Å². The smallest absolute Gasteiger partial charge is 0.311 e. The molecule has 2 rings (SSSR count). The Hall–Kier alpha value is -2.11. The number of carbonyl (C=O) groups is 2. The molecular formula is C12H15N3O3. The van der Waals surface area contributed by atoms with Gasteiger partial charge in [-0.2, -0.15) is 0 Å². The van der Waals surface area contributed by atoms with Crippen LogP contribution in [0.15, 0.2) is 18.3 Å². The molecule has 0 unspecified atom stereocenters. The third-order valence-corrected chi connectivity index (χ3v) is 3.42. The molecule has 0 radical (unpaired) electrons. The van der Waals surface area contributed by atoms with Crippen LogP contribution in [-0.4, -0.2) is 28.5 Å². The Morgan fingerprint density at radius 3 is 2.72 bits per heavy atom. The number of nitrogens with zero attached hydrogens (tertiary/aromatic N) is 1. The lowest BCUT2D eigenvalue weighted by Gasteiger charge is -2.37. The molecule has 1 aromatic rings. The van der Waals surface area contributed by atoms with E-state index in [0.29, 0.717) is 30.8 Å². The second kappa shape index (κ2) is 4.64. The largest absolute Gasteiger partial charge is 0.481 e. The first-order valence-corrected chi connectivity index (χ1v) is 5.77. The van der Waals surface area contributed by atoms with Gasteiger partial charge in [0.1, 0.15) is 5.82 Å². The van der Waals surface area contributed by atoms with Crippen molar-refractivity contribution in [1.82, 2.24) is 4.98 Å². The molecule has 0 atom stereocenters. The SMILES string of the molecule is NC(=O)c1ccnc(NCC2(C(=O)O)CCC2)c1. The van der Waals surface area contributed by atoms with Gasteiger partial charge in [0.2, 0.25) is 5.91 Å². The first kappa shape index (κ1) is 12.3. The number of rotatable bonds is 5. The Labute approximate surface area is 104 Å². The van der Waals surface area contributed by atoms with Gasteiger partial charge < -0.3 is 16.2 Å². The van der Waals surface area contributed by atoms with Crippen molar-refractivity contribution < 1.29 is 14.7 Å². The number of amides is 1. The number of carboxylic acid groups (broad SMARTS) is 1. The van der Waals surface area contributed by atoms with Gasteiger partial charge in [-0.1, -0.05) is 6.42 Å². The van der Waals surface area contributed by atoms with Crippen molar-refractivity contribution in [3.8, 4) is 0 Å². The van der Waals surface area contributed by atoms with Crippen molar-refractivity contribution in [2.24, 2.45) is 11.1 Å². The first-order chi connectivity index (χ1) is 8.53. The summed E-state index contributed by atoms with van der Waals surface area (Å²) in [5.41, 5.74) is 4.82. The molecule has 0 saturated heterocycles. The lowest BCUT2D eigenvalue weighted by Crippen LogP contribution is -2.43. The number of hydrogen-bond donors (Lipinski definition) is 3. The molecular weight excluding hydrogens is 234 g/mol. The Balaban J connectivity index is 2.04. The summed E-state index contributed by atoms with van der Waals surface area (Å²) in [5.74, 6) is -0.844. The maximum absolute atomic E-state index is 11.2. The van der Waals surface area contributed by atoms with E-state index in [2.05, 4.69) is 10.3 Å². The molecule has 1 fully saturated rings. The van der Waals surface area contributed by atoms with Crippen LogP contribution < -0.4 is 11.1 Å². The molecule has 0 spiro atoms. The molecule has 0 aliphatic heterocycles. The maximum Gasteiger partial charge on any atom is 0.311 e. The maximum atomic E-state index is 11.2. The van der Waals surface area contributed by atoms with E-state index in [9.17, 15) is 14.7 Å². The highest BCUT2D eigenvalue weighted by Crippen LogP contribution is 2.41. The molecule has 6 nitrogen and oxygen atoms in total.